The molecule has 0 saturated carbocycles. The molecule has 3 rings (SSSR count). The maximum Gasteiger partial charge on any atom is 0.255 e. The van der Waals surface area contributed by atoms with Gasteiger partial charge >= 0.3 is 0 Å². The van der Waals surface area contributed by atoms with Crippen LogP contribution in [0, 0.1) is 0 Å². The fourth-order valence-corrected chi connectivity index (χ4v) is 2.09. The minimum Gasteiger partial charge on any atom is -0.483 e. The molecule has 1 amide bonds. The number of hydrogen-bond acceptors (Lipinski definition) is 2. The zero-order valence-electron chi connectivity index (χ0n) is 9.80. The predicted molar refractivity (Wildman–Crippen MR) is 68.6 cm³/mol. The molecule has 0 radical (unpaired) electrons. The quantitative estimate of drug-likeness (QED) is 0.830. The molecule has 1 aliphatic rings. The second-order valence-corrected chi connectivity index (χ2v) is 4.22. The monoisotopic (exact) mass is 239 g/mol. The Balaban J connectivity index is 1.97. The van der Waals surface area contributed by atoms with E-state index < -0.39 is 0 Å². The number of benzene rings is 2. The molecule has 1 N–H and O–H groups in total. The minimum atomic E-state index is -0.140. The predicted octanol–water partition coefficient (Wildman–Crippen LogP) is 2.55. The molecule has 0 aromatic heterocycles. The Morgan fingerprint density at radius 1 is 1.00 bits per heavy atom. The Morgan fingerprint density at radius 3 is 2.56 bits per heavy atom. The number of para-hydroxylation sites is 1. The fraction of sp³-hybridized carbons (Fsp3) is 0.133. The third kappa shape index (κ3) is 1.95. The Bertz CT molecular complexity index is 566. The van der Waals surface area contributed by atoms with Crippen molar-refractivity contribution in [3.8, 4) is 5.75 Å². The van der Waals surface area contributed by atoms with E-state index in [9.17, 15) is 4.79 Å². The van der Waals surface area contributed by atoms with Gasteiger partial charge in [-0.1, -0.05) is 42.5 Å². The number of ether oxygens (including phenoxy) is 1. The first kappa shape index (κ1) is 10.8. The molecule has 0 unspecified atom stereocenters. The second-order valence-electron chi connectivity index (χ2n) is 4.22. The Kier molecular flexibility index (Phi) is 2.73. The summed E-state index contributed by atoms with van der Waals surface area (Å²) in [6.45, 7) is 0.484. The number of carbonyl (C=O) groups is 1. The Morgan fingerprint density at radius 2 is 1.72 bits per heavy atom. The molecule has 3 nitrogen and oxygen atoms in total. The SMILES string of the molecule is O=C1NC[C@H](c2ccccc2)Oc2ccccc21. The summed E-state index contributed by atoms with van der Waals surface area (Å²) in [5.74, 6) is 0.561. The molecule has 1 heterocycles. The van der Waals surface area contributed by atoms with Crippen LogP contribution in [-0.4, -0.2) is 12.5 Å². The van der Waals surface area contributed by atoms with E-state index in [1.165, 1.54) is 0 Å². The lowest BCUT2D eigenvalue weighted by atomic mass is 10.1. The summed E-state index contributed by atoms with van der Waals surface area (Å²) in [5, 5.41) is 2.89. The van der Waals surface area contributed by atoms with Crippen molar-refractivity contribution < 1.29 is 9.53 Å². The van der Waals surface area contributed by atoms with Crippen molar-refractivity contribution in [1.82, 2.24) is 5.32 Å². The highest BCUT2D eigenvalue weighted by molar-refractivity contribution is 5.97. The van der Waals surface area contributed by atoms with Gasteiger partial charge in [0.15, 0.2) is 0 Å². The van der Waals surface area contributed by atoms with E-state index in [0.29, 0.717) is 17.9 Å². The van der Waals surface area contributed by atoms with E-state index in [0.717, 1.165) is 5.56 Å². The molecule has 0 fully saturated rings. The number of carbonyl (C=O) groups excluding carboxylic acids is 1. The maximum absolute atomic E-state index is 11.9. The van der Waals surface area contributed by atoms with E-state index >= 15 is 0 Å². The van der Waals surface area contributed by atoms with E-state index in [-0.39, 0.29) is 12.0 Å². The normalized spacial score (nSPS) is 18.2. The molecule has 90 valence electrons. The van der Waals surface area contributed by atoms with Crippen molar-refractivity contribution in [2.24, 2.45) is 0 Å². The van der Waals surface area contributed by atoms with Gasteiger partial charge in [-0.05, 0) is 17.7 Å². The summed E-state index contributed by atoms with van der Waals surface area (Å²) < 4.78 is 5.93. The van der Waals surface area contributed by atoms with Crippen LogP contribution >= 0.6 is 0 Å². The van der Waals surface area contributed by atoms with Crippen LogP contribution in [0.1, 0.15) is 22.0 Å². The van der Waals surface area contributed by atoms with Crippen LogP contribution in [0.5, 0.6) is 5.75 Å². The van der Waals surface area contributed by atoms with E-state index in [1.807, 2.05) is 48.5 Å². The third-order valence-corrected chi connectivity index (χ3v) is 3.02. The standard InChI is InChI=1S/C15H13NO2/c17-15-12-8-4-5-9-13(12)18-14(10-16-15)11-6-2-1-3-7-11/h1-9,14H,10H2,(H,16,17)/t14-/m1/s1. The molecule has 18 heavy (non-hydrogen) atoms. The highest BCUT2D eigenvalue weighted by Crippen LogP contribution is 2.27. The average Bonchev–Trinajstić information content (AvgIpc) is 2.60. The van der Waals surface area contributed by atoms with Gasteiger partial charge in [0.1, 0.15) is 11.9 Å². The smallest absolute Gasteiger partial charge is 0.255 e. The molecule has 0 saturated heterocycles. The molecule has 0 spiro atoms. The van der Waals surface area contributed by atoms with Crippen molar-refractivity contribution in [3.05, 3.63) is 65.7 Å². The number of nitrogens with one attached hydrogen (secondary N) is 1. The topological polar surface area (TPSA) is 38.3 Å². The number of amides is 1. The van der Waals surface area contributed by atoms with E-state index in [2.05, 4.69) is 5.32 Å². The lowest BCUT2D eigenvalue weighted by Gasteiger charge is -2.16. The zero-order chi connectivity index (χ0) is 12.4. The summed E-state index contributed by atoms with van der Waals surface area (Å²) in [6.07, 6.45) is -0.140. The van der Waals surface area contributed by atoms with Crippen molar-refractivity contribution in [3.63, 3.8) is 0 Å². The van der Waals surface area contributed by atoms with Crippen LogP contribution in [0.25, 0.3) is 0 Å². The highest BCUT2D eigenvalue weighted by atomic mass is 16.5. The van der Waals surface area contributed by atoms with Crippen LogP contribution in [0.4, 0.5) is 0 Å². The summed E-state index contributed by atoms with van der Waals surface area (Å²) in [5.41, 5.74) is 1.66. The Labute approximate surface area is 105 Å². The first-order valence-corrected chi connectivity index (χ1v) is 5.93. The Hall–Kier alpha value is -2.29. The molecule has 1 atom stereocenters. The fourth-order valence-electron chi connectivity index (χ4n) is 2.09. The van der Waals surface area contributed by atoms with Crippen molar-refractivity contribution in [2.45, 2.75) is 6.10 Å². The summed E-state index contributed by atoms with van der Waals surface area (Å²) >= 11 is 0. The van der Waals surface area contributed by atoms with Gasteiger partial charge in [0, 0.05) is 0 Å². The molecular weight excluding hydrogens is 226 g/mol. The first-order chi connectivity index (χ1) is 8.84. The van der Waals surface area contributed by atoms with Gasteiger partial charge in [0.25, 0.3) is 5.91 Å². The summed E-state index contributed by atoms with van der Waals surface area (Å²) in [6, 6.07) is 17.2. The minimum absolute atomic E-state index is 0.0796. The van der Waals surface area contributed by atoms with Gasteiger partial charge in [-0.15, -0.1) is 0 Å². The van der Waals surface area contributed by atoms with Crippen LogP contribution in [0.3, 0.4) is 0 Å². The lowest BCUT2D eigenvalue weighted by Crippen LogP contribution is -2.26. The van der Waals surface area contributed by atoms with E-state index in [1.54, 1.807) is 6.07 Å². The van der Waals surface area contributed by atoms with Gasteiger partial charge in [-0.2, -0.15) is 0 Å². The van der Waals surface area contributed by atoms with Crippen LogP contribution in [0.15, 0.2) is 54.6 Å². The largest absolute Gasteiger partial charge is 0.483 e. The third-order valence-electron chi connectivity index (χ3n) is 3.02. The van der Waals surface area contributed by atoms with Crippen molar-refractivity contribution in [1.29, 1.82) is 0 Å². The molecule has 2 aromatic rings. The summed E-state index contributed by atoms with van der Waals surface area (Å²) in [7, 11) is 0. The first-order valence-electron chi connectivity index (χ1n) is 5.93. The van der Waals surface area contributed by atoms with Gasteiger partial charge in [-0.3, -0.25) is 4.79 Å². The molecule has 0 bridgehead atoms. The number of rotatable bonds is 1. The van der Waals surface area contributed by atoms with Crippen LogP contribution < -0.4 is 10.1 Å². The molecular formula is C15H13NO2. The summed E-state index contributed by atoms with van der Waals surface area (Å²) in [4.78, 5) is 11.9. The van der Waals surface area contributed by atoms with Crippen LogP contribution in [0.2, 0.25) is 0 Å². The van der Waals surface area contributed by atoms with E-state index in [4.69, 9.17) is 4.74 Å². The van der Waals surface area contributed by atoms with Gasteiger partial charge in [0.2, 0.25) is 0 Å². The maximum atomic E-state index is 11.9. The molecule has 3 heteroatoms. The molecule has 2 aromatic carbocycles. The molecule has 1 aliphatic heterocycles. The van der Waals surface area contributed by atoms with Crippen molar-refractivity contribution >= 4 is 5.91 Å². The average molecular weight is 239 g/mol. The van der Waals surface area contributed by atoms with Gasteiger partial charge in [-0.25, -0.2) is 0 Å². The second kappa shape index (κ2) is 4.53. The molecule has 0 aliphatic carbocycles. The number of fused-ring (bicyclic) bond motifs is 1. The van der Waals surface area contributed by atoms with Gasteiger partial charge < -0.3 is 10.1 Å². The highest BCUT2D eigenvalue weighted by Gasteiger charge is 2.22. The van der Waals surface area contributed by atoms with Gasteiger partial charge in [0.05, 0.1) is 12.1 Å². The van der Waals surface area contributed by atoms with Crippen LogP contribution in [-0.2, 0) is 0 Å². The zero-order valence-corrected chi connectivity index (χ0v) is 9.80. The van der Waals surface area contributed by atoms with Crippen molar-refractivity contribution in [2.75, 3.05) is 6.54 Å². The lowest BCUT2D eigenvalue weighted by molar-refractivity contribution is 0.0951. The number of hydrogen-bond donors (Lipinski definition) is 1.